The number of benzene rings is 1. The van der Waals surface area contributed by atoms with Gasteiger partial charge < -0.3 is 5.32 Å². The number of rotatable bonds is 3. The Morgan fingerprint density at radius 1 is 1.29 bits per heavy atom. The van der Waals surface area contributed by atoms with Crippen LogP contribution in [0, 0.1) is 0 Å². The van der Waals surface area contributed by atoms with Gasteiger partial charge in [0.1, 0.15) is 5.82 Å². The fourth-order valence-corrected chi connectivity index (χ4v) is 1.58. The molecule has 0 radical (unpaired) electrons. The minimum Gasteiger partial charge on any atom is -0.339 e. The molecule has 3 nitrogen and oxygen atoms in total. The van der Waals surface area contributed by atoms with Crippen molar-refractivity contribution in [1.29, 1.82) is 0 Å². The van der Waals surface area contributed by atoms with E-state index in [1.165, 1.54) is 6.92 Å². The Labute approximate surface area is 104 Å². The molecule has 0 spiro atoms. The minimum absolute atomic E-state index is 0.00531. The highest BCUT2D eigenvalue weighted by molar-refractivity contribution is 6.33. The summed E-state index contributed by atoms with van der Waals surface area (Å²) in [5.41, 5.74) is 1.30. The van der Waals surface area contributed by atoms with Crippen molar-refractivity contribution in [2.45, 2.75) is 6.92 Å². The van der Waals surface area contributed by atoms with Crippen LogP contribution in [-0.2, 0) is 0 Å². The van der Waals surface area contributed by atoms with Crippen LogP contribution < -0.4 is 5.32 Å². The van der Waals surface area contributed by atoms with Crippen molar-refractivity contribution in [2.75, 3.05) is 5.32 Å². The summed E-state index contributed by atoms with van der Waals surface area (Å²) in [4.78, 5) is 15.4. The third kappa shape index (κ3) is 2.82. The van der Waals surface area contributed by atoms with Crippen LogP contribution in [0.3, 0.4) is 0 Å². The van der Waals surface area contributed by atoms with E-state index in [0.29, 0.717) is 22.1 Å². The molecule has 0 saturated heterocycles. The van der Waals surface area contributed by atoms with Gasteiger partial charge in [-0.05, 0) is 37.3 Å². The second-order valence-corrected chi connectivity index (χ2v) is 4.00. The molecule has 2 aromatic rings. The van der Waals surface area contributed by atoms with Gasteiger partial charge in [-0.1, -0.05) is 17.7 Å². The summed E-state index contributed by atoms with van der Waals surface area (Å²) in [6, 6.07) is 10.7. The van der Waals surface area contributed by atoms with E-state index < -0.39 is 0 Å². The zero-order valence-electron chi connectivity index (χ0n) is 9.27. The van der Waals surface area contributed by atoms with Crippen LogP contribution in [-0.4, -0.2) is 10.8 Å². The number of hydrogen-bond acceptors (Lipinski definition) is 3. The van der Waals surface area contributed by atoms with Gasteiger partial charge in [0, 0.05) is 11.8 Å². The maximum atomic E-state index is 11.3. The number of halogens is 1. The molecule has 0 aliphatic rings. The molecule has 1 aromatic carbocycles. The highest BCUT2D eigenvalue weighted by atomic mass is 35.5. The van der Waals surface area contributed by atoms with Gasteiger partial charge in [0.25, 0.3) is 0 Å². The number of nitrogens with zero attached hydrogens (tertiary/aromatic N) is 1. The average Bonchev–Trinajstić information content (AvgIpc) is 2.33. The highest BCUT2D eigenvalue weighted by Gasteiger charge is 2.05. The molecule has 0 saturated carbocycles. The third-order valence-corrected chi connectivity index (χ3v) is 2.63. The van der Waals surface area contributed by atoms with E-state index in [1.807, 2.05) is 18.2 Å². The maximum absolute atomic E-state index is 11.3. The summed E-state index contributed by atoms with van der Waals surface area (Å²) in [5, 5.41) is 3.63. The number of aromatic nitrogens is 1. The van der Waals surface area contributed by atoms with E-state index in [-0.39, 0.29) is 5.78 Å². The van der Waals surface area contributed by atoms with Crippen molar-refractivity contribution in [3.8, 4) is 0 Å². The molecule has 0 bridgehead atoms. The molecule has 0 unspecified atom stereocenters. The second-order valence-electron chi connectivity index (χ2n) is 3.59. The van der Waals surface area contributed by atoms with Gasteiger partial charge >= 0.3 is 0 Å². The molecule has 86 valence electrons. The van der Waals surface area contributed by atoms with Crippen LogP contribution in [0.15, 0.2) is 42.6 Å². The average molecular weight is 247 g/mol. The fraction of sp³-hybridized carbons (Fsp3) is 0.0769. The van der Waals surface area contributed by atoms with E-state index in [1.54, 1.807) is 24.4 Å². The SMILES string of the molecule is CC(=O)c1ccc(Cl)c(Nc2ccccn2)c1. The van der Waals surface area contributed by atoms with Crippen molar-refractivity contribution in [3.63, 3.8) is 0 Å². The number of carbonyl (C=O) groups is 1. The number of pyridine rings is 1. The lowest BCUT2D eigenvalue weighted by Gasteiger charge is -2.08. The molecule has 1 aromatic heterocycles. The Morgan fingerprint density at radius 3 is 2.76 bits per heavy atom. The van der Waals surface area contributed by atoms with Crippen molar-refractivity contribution in [3.05, 3.63) is 53.2 Å². The summed E-state index contributed by atoms with van der Waals surface area (Å²) in [6.07, 6.45) is 1.69. The van der Waals surface area contributed by atoms with E-state index in [4.69, 9.17) is 11.6 Å². The molecule has 0 fully saturated rings. The number of nitrogens with one attached hydrogen (secondary N) is 1. The minimum atomic E-state index is 0.00531. The van der Waals surface area contributed by atoms with Crippen molar-refractivity contribution >= 4 is 28.9 Å². The second kappa shape index (κ2) is 4.97. The Balaban J connectivity index is 2.32. The molecular weight excluding hydrogens is 236 g/mol. The Hall–Kier alpha value is -1.87. The Kier molecular flexibility index (Phi) is 3.40. The predicted molar refractivity (Wildman–Crippen MR) is 69.0 cm³/mol. The van der Waals surface area contributed by atoms with Gasteiger partial charge in [-0.25, -0.2) is 4.98 Å². The molecule has 17 heavy (non-hydrogen) atoms. The van der Waals surface area contributed by atoms with E-state index in [0.717, 1.165) is 0 Å². The molecule has 2 rings (SSSR count). The summed E-state index contributed by atoms with van der Waals surface area (Å²) in [6.45, 7) is 1.52. The summed E-state index contributed by atoms with van der Waals surface area (Å²) in [7, 11) is 0. The zero-order chi connectivity index (χ0) is 12.3. The van der Waals surface area contributed by atoms with Crippen molar-refractivity contribution < 1.29 is 4.79 Å². The maximum Gasteiger partial charge on any atom is 0.159 e. The number of ketones is 1. The van der Waals surface area contributed by atoms with E-state index in [9.17, 15) is 4.79 Å². The Bertz CT molecular complexity index is 540. The van der Waals surface area contributed by atoms with Gasteiger partial charge in [0.15, 0.2) is 5.78 Å². The first-order chi connectivity index (χ1) is 8.16. The Morgan fingerprint density at radius 2 is 2.12 bits per heavy atom. The van der Waals surface area contributed by atoms with Gasteiger partial charge in [0.2, 0.25) is 0 Å². The molecule has 0 aliphatic carbocycles. The standard InChI is InChI=1S/C13H11ClN2O/c1-9(17)10-5-6-11(14)12(8-10)16-13-4-2-3-7-15-13/h2-8H,1H3,(H,15,16). The monoisotopic (exact) mass is 246 g/mol. The van der Waals surface area contributed by atoms with Crippen molar-refractivity contribution in [2.24, 2.45) is 0 Å². The molecular formula is C13H11ClN2O. The fourth-order valence-electron chi connectivity index (χ4n) is 1.41. The molecule has 0 amide bonds. The van der Waals surface area contributed by atoms with Crippen LogP contribution in [0.4, 0.5) is 11.5 Å². The highest BCUT2D eigenvalue weighted by Crippen LogP contribution is 2.25. The topological polar surface area (TPSA) is 42.0 Å². The quantitative estimate of drug-likeness (QED) is 0.840. The molecule has 0 aliphatic heterocycles. The summed E-state index contributed by atoms with van der Waals surface area (Å²) >= 11 is 6.05. The first-order valence-corrected chi connectivity index (χ1v) is 5.53. The van der Waals surface area contributed by atoms with Crippen LogP contribution >= 0.6 is 11.6 Å². The first kappa shape index (κ1) is 11.6. The van der Waals surface area contributed by atoms with Crippen LogP contribution in [0.2, 0.25) is 5.02 Å². The number of anilines is 2. The third-order valence-electron chi connectivity index (χ3n) is 2.30. The molecule has 1 heterocycles. The van der Waals surface area contributed by atoms with Gasteiger partial charge in [-0.15, -0.1) is 0 Å². The summed E-state index contributed by atoms with van der Waals surface area (Å²) < 4.78 is 0. The largest absolute Gasteiger partial charge is 0.339 e. The van der Waals surface area contributed by atoms with Gasteiger partial charge in [0.05, 0.1) is 10.7 Å². The van der Waals surface area contributed by atoms with Gasteiger partial charge in [-0.3, -0.25) is 4.79 Å². The zero-order valence-corrected chi connectivity index (χ0v) is 10.0. The smallest absolute Gasteiger partial charge is 0.159 e. The predicted octanol–water partition coefficient (Wildman–Crippen LogP) is 3.68. The lowest BCUT2D eigenvalue weighted by atomic mass is 10.1. The normalized spacial score (nSPS) is 10.0. The van der Waals surface area contributed by atoms with Crippen LogP contribution in [0.1, 0.15) is 17.3 Å². The van der Waals surface area contributed by atoms with Crippen molar-refractivity contribution in [1.82, 2.24) is 4.98 Å². The van der Waals surface area contributed by atoms with E-state index >= 15 is 0 Å². The molecule has 1 N–H and O–H groups in total. The van der Waals surface area contributed by atoms with Gasteiger partial charge in [-0.2, -0.15) is 0 Å². The molecule has 4 heteroatoms. The number of carbonyl (C=O) groups excluding carboxylic acids is 1. The summed E-state index contributed by atoms with van der Waals surface area (Å²) in [5.74, 6) is 0.695. The first-order valence-electron chi connectivity index (χ1n) is 5.15. The number of Topliss-reactive ketones (excluding diaryl/α,β-unsaturated/α-hetero) is 1. The number of hydrogen-bond donors (Lipinski definition) is 1. The van der Waals surface area contributed by atoms with E-state index in [2.05, 4.69) is 10.3 Å². The van der Waals surface area contributed by atoms with Crippen LogP contribution in [0.5, 0.6) is 0 Å². The molecule has 0 atom stereocenters. The lowest BCUT2D eigenvalue weighted by molar-refractivity contribution is 0.101. The lowest BCUT2D eigenvalue weighted by Crippen LogP contribution is -1.97. The van der Waals surface area contributed by atoms with Crippen LogP contribution in [0.25, 0.3) is 0 Å².